The van der Waals surface area contributed by atoms with Crippen LogP contribution in [0.15, 0.2) is 18.2 Å². The monoisotopic (exact) mass is 271 g/mol. The van der Waals surface area contributed by atoms with Gasteiger partial charge in [0.2, 0.25) is 0 Å². The lowest BCUT2D eigenvalue weighted by Crippen LogP contribution is -2.18. The molecule has 1 aliphatic carbocycles. The van der Waals surface area contributed by atoms with E-state index in [4.69, 9.17) is 4.74 Å². The van der Waals surface area contributed by atoms with Gasteiger partial charge in [0.05, 0.1) is 30.2 Å². The Labute approximate surface area is 119 Å². The van der Waals surface area contributed by atoms with Gasteiger partial charge >= 0.3 is 0 Å². The number of fused-ring (bicyclic) bond motifs is 1. The molecule has 0 aliphatic heterocycles. The Bertz CT molecular complexity index is 599. The second kappa shape index (κ2) is 5.19. The summed E-state index contributed by atoms with van der Waals surface area (Å²) in [5.74, 6) is 0.945. The molecule has 1 aromatic heterocycles. The number of nitrogens with zero attached hydrogens (tertiary/aromatic N) is 1. The van der Waals surface area contributed by atoms with Crippen molar-refractivity contribution in [3.05, 3.63) is 40.7 Å². The van der Waals surface area contributed by atoms with E-state index >= 15 is 0 Å². The fraction of sp³-hybridized carbons (Fsp3) is 0.438. The lowest BCUT2D eigenvalue weighted by atomic mass is 9.87. The highest BCUT2D eigenvalue weighted by atomic mass is 16.5. The molecule has 0 radical (unpaired) electrons. The van der Waals surface area contributed by atoms with Gasteiger partial charge in [0.1, 0.15) is 5.75 Å². The van der Waals surface area contributed by atoms with Gasteiger partial charge < -0.3 is 10.1 Å². The van der Waals surface area contributed by atoms with Gasteiger partial charge in [0.25, 0.3) is 0 Å². The van der Waals surface area contributed by atoms with Gasteiger partial charge in [-0.05, 0) is 56.4 Å². The first-order valence-corrected chi connectivity index (χ1v) is 7.14. The van der Waals surface area contributed by atoms with E-state index in [1.165, 1.54) is 17.5 Å². The molecule has 106 valence electrons. The highest BCUT2D eigenvalue weighted by molar-refractivity contribution is 5.54. The topological polar surface area (TPSA) is 49.9 Å². The number of rotatable bonds is 3. The molecule has 2 N–H and O–H groups in total. The van der Waals surface area contributed by atoms with Gasteiger partial charge in [-0.25, -0.2) is 0 Å². The molecule has 0 amide bonds. The third-order valence-corrected chi connectivity index (χ3v) is 4.11. The first-order valence-electron chi connectivity index (χ1n) is 7.14. The zero-order valence-corrected chi connectivity index (χ0v) is 12.3. The van der Waals surface area contributed by atoms with Crippen LogP contribution >= 0.6 is 0 Å². The number of aryl methyl sites for hydroxylation is 3. The summed E-state index contributed by atoms with van der Waals surface area (Å²) in [7, 11) is 1.72. The molecular weight excluding hydrogens is 250 g/mol. The quantitative estimate of drug-likeness (QED) is 0.898. The van der Waals surface area contributed by atoms with Crippen molar-refractivity contribution in [3.63, 3.8) is 0 Å². The Morgan fingerprint density at radius 1 is 1.35 bits per heavy atom. The largest absolute Gasteiger partial charge is 0.497 e. The van der Waals surface area contributed by atoms with Gasteiger partial charge in [0, 0.05) is 0 Å². The molecule has 1 heterocycles. The predicted molar refractivity (Wildman–Crippen MR) is 80.4 cm³/mol. The van der Waals surface area contributed by atoms with E-state index in [0.29, 0.717) is 6.04 Å². The molecule has 3 rings (SSSR count). The molecule has 2 aromatic rings. The number of ether oxygens (including phenoxy) is 1. The number of benzene rings is 1. The standard InChI is InChI=1S/C16H21N3O/c1-10-16(11(2)19-18-10)17-15-6-4-5-12-9-13(20-3)7-8-14(12)15/h7-9,15,17H,4-6H2,1-3H3,(H,18,19). The van der Waals surface area contributed by atoms with Crippen LogP contribution in [0.25, 0.3) is 0 Å². The van der Waals surface area contributed by atoms with E-state index in [0.717, 1.165) is 35.7 Å². The van der Waals surface area contributed by atoms with E-state index in [2.05, 4.69) is 34.6 Å². The minimum atomic E-state index is 0.361. The summed E-state index contributed by atoms with van der Waals surface area (Å²) in [5, 5.41) is 11.0. The number of aromatic amines is 1. The average molecular weight is 271 g/mol. The van der Waals surface area contributed by atoms with Crippen molar-refractivity contribution in [3.8, 4) is 5.75 Å². The number of aromatic nitrogens is 2. The van der Waals surface area contributed by atoms with E-state index < -0.39 is 0 Å². The summed E-state index contributed by atoms with van der Waals surface area (Å²) in [6.45, 7) is 4.09. The fourth-order valence-electron chi connectivity index (χ4n) is 3.01. The molecule has 0 saturated heterocycles. The van der Waals surface area contributed by atoms with E-state index in [1.807, 2.05) is 13.0 Å². The van der Waals surface area contributed by atoms with Crippen LogP contribution in [0.5, 0.6) is 5.75 Å². The predicted octanol–water partition coefficient (Wildman–Crippen LogP) is 3.52. The second-order valence-electron chi connectivity index (χ2n) is 5.46. The lowest BCUT2D eigenvalue weighted by molar-refractivity contribution is 0.413. The van der Waals surface area contributed by atoms with Crippen molar-refractivity contribution in [2.24, 2.45) is 0 Å². The average Bonchev–Trinajstić information content (AvgIpc) is 2.79. The van der Waals surface area contributed by atoms with Crippen LogP contribution in [-0.2, 0) is 6.42 Å². The summed E-state index contributed by atoms with van der Waals surface area (Å²) in [5.41, 5.74) is 6.05. The van der Waals surface area contributed by atoms with Crippen LogP contribution in [0.4, 0.5) is 5.69 Å². The van der Waals surface area contributed by atoms with E-state index in [1.54, 1.807) is 7.11 Å². The summed E-state index contributed by atoms with van der Waals surface area (Å²) in [6.07, 6.45) is 3.49. The summed E-state index contributed by atoms with van der Waals surface area (Å²) in [6, 6.07) is 6.77. The third-order valence-electron chi connectivity index (χ3n) is 4.11. The summed E-state index contributed by atoms with van der Waals surface area (Å²) < 4.78 is 5.32. The Hall–Kier alpha value is -1.97. The molecule has 4 nitrogen and oxygen atoms in total. The van der Waals surface area contributed by atoms with Gasteiger partial charge in [-0.2, -0.15) is 5.10 Å². The Morgan fingerprint density at radius 3 is 2.90 bits per heavy atom. The summed E-state index contributed by atoms with van der Waals surface area (Å²) >= 11 is 0. The zero-order valence-electron chi connectivity index (χ0n) is 12.3. The van der Waals surface area contributed by atoms with Crippen molar-refractivity contribution in [1.82, 2.24) is 10.2 Å². The normalized spacial score (nSPS) is 17.6. The van der Waals surface area contributed by atoms with Crippen LogP contribution in [0.3, 0.4) is 0 Å². The minimum absolute atomic E-state index is 0.361. The molecule has 20 heavy (non-hydrogen) atoms. The first kappa shape index (κ1) is 13.0. The molecule has 1 aliphatic rings. The number of H-pyrrole nitrogens is 1. The van der Waals surface area contributed by atoms with Crippen LogP contribution in [-0.4, -0.2) is 17.3 Å². The van der Waals surface area contributed by atoms with Crippen LogP contribution in [0, 0.1) is 13.8 Å². The van der Waals surface area contributed by atoms with Crippen LogP contribution in [0.2, 0.25) is 0 Å². The van der Waals surface area contributed by atoms with Gasteiger partial charge in [0.15, 0.2) is 0 Å². The molecule has 1 unspecified atom stereocenters. The molecule has 0 fully saturated rings. The highest BCUT2D eigenvalue weighted by Crippen LogP contribution is 2.35. The molecular formula is C16H21N3O. The first-order chi connectivity index (χ1) is 9.69. The Balaban J connectivity index is 1.90. The maximum absolute atomic E-state index is 5.32. The van der Waals surface area contributed by atoms with Crippen molar-refractivity contribution in [2.75, 3.05) is 12.4 Å². The molecule has 1 atom stereocenters. The number of hydrogen-bond donors (Lipinski definition) is 2. The Kier molecular flexibility index (Phi) is 3.38. The molecule has 4 heteroatoms. The highest BCUT2D eigenvalue weighted by Gasteiger charge is 2.22. The van der Waals surface area contributed by atoms with Crippen LogP contribution < -0.4 is 10.1 Å². The van der Waals surface area contributed by atoms with Gasteiger partial charge in [-0.1, -0.05) is 6.07 Å². The van der Waals surface area contributed by atoms with Crippen molar-refractivity contribution >= 4 is 5.69 Å². The number of anilines is 1. The van der Waals surface area contributed by atoms with E-state index in [-0.39, 0.29) is 0 Å². The maximum Gasteiger partial charge on any atom is 0.119 e. The SMILES string of the molecule is COc1ccc2c(c1)CCCC2Nc1c(C)n[nH]c1C. The van der Waals surface area contributed by atoms with Crippen molar-refractivity contribution in [2.45, 2.75) is 39.2 Å². The number of hydrogen-bond acceptors (Lipinski definition) is 3. The van der Waals surface area contributed by atoms with Crippen LogP contribution in [0.1, 0.15) is 41.4 Å². The minimum Gasteiger partial charge on any atom is -0.497 e. The van der Waals surface area contributed by atoms with Gasteiger partial charge in [-0.15, -0.1) is 0 Å². The third kappa shape index (κ3) is 2.26. The zero-order chi connectivity index (χ0) is 14.1. The fourth-order valence-corrected chi connectivity index (χ4v) is 3.01. The molecule has 0 bridgehead atoms. The smallest absolute Gasteiger partial charge is 0.119 e. The number of methoxy groups -OCH3 is 1. The van der Waals surface area contributed by atoms with E-state index in [9.17, 15) is 0 Å². The van der Waals surface area contributed by atoms with Crippen molar-refractivity contribution < 1.29 is 4.74 Å². The molecule has 0 spiro atoms. The lowest BCUT2D eigenvalue weighted by Gasteiger charge is -2.27. The Morgan fingerprint density at radius 2 is 2.20 bits per heavy atom. The number of nitrogens with one attached hydrogen (secondary N) is 2. The van der Waals surface area contributed by atoms with Gasteiger partial charge in [-0.3, -0.25) is 5.10 Å². The summed E-state index contributed by atoms with van der Waals surface area (Å²) in [4.78, 5) is 0. The maximum atomic E-state index is 5.32. The molecule has 0 saturated carbocycles. The molecule has 1 aromatic carbocycles. The second-order valence-corrected chi connectivity index (χ2v) is 5.46. The van der Waals surface area contributed by atoms with Crippen molar-refractivity contribution in [1.29, 1.82) is 0 Å².